The number of hydrogen-bond donors (Lipinski definition) is 2. The molecular formula is C22H37IN4O3. The van der Waals surface area contributed by atoms with Gasteiger partial charge in [-0.25, -0.2) is 0 Å². The Morgan fingerprint density at radius 1 is 1.07 bits per heavy atom. The molecule has 0 bridgehead atoms. The van der Waals surface area contributed by atoms with E-state index in [1.165, 1.54) is 5.56 Å². The van der Waals surface area contributed by atoms with Crippen LogP contribution in [-0.2, 0) is 20.7 Å². The molecule has 1 aromatic rings. The van der Waals surface area contributed by atoms with E-state index in [4.69, 9.17) is 9.47 Å². The van der Waals surface area contributed by atoms with E-state index in [1.54, 1.807) is 7.05 Å². The van der Waals surface area contributed by atoms with E-state index in [1.807, 2.05) is 23.1 Å². The van der Waals surface area contributed by atoms with Gasteiger partial charge in [-0.1, -0.05) is 31.5 Å². The number of fused-ring (bicyclic) bond motifs is 1. The van der Waals surface area contributed by atoms with Gasteiger partial charge in [0, 0.05) is 45.4 Å². The molecule has 1 aliphatic rings. The fourth-order valence-electron chi connectivity index (χ4n) is 3.21. The Labute approximate surface area is 198 Å². The van der Waals surface area contributed by atoms with Crippen molar-refractivity contribution in [1.82, 2.24) is 10.6 Å². The van der Waals surface area contributed by atoms with Gasteiger partial charge in [0.15, 0.2) is 5.96 Å². The number of unbranched alkanes of at least 4 members (excludes halogenated alkanes) is 1. The van der Waals surface area contributed by atoms with Crippen LogP contribution in [0.4, 0.5) is 5.69 Å². The van der Waals surface area contributed by atoms with E-state index in [0.717, 1.165) is 50.5 Å². The molecule has 0 radical (unpaired) electrons. The van der Waals surface area contributed by atoms with E-state index in [-0.39, 0.29) is 29.9 Å². The molecule has 1 aromatic carbocycles. The van der Waals surface area contributed by atoms with Crippen molar-refractivity contribution in [1.29, 1.82) is 0 Å². The first-order chi connectivity index (χ1) is 14.3. The predicted octanol–water partition coefficient (Wildman–Crippen LogP) is 2.97. The molecule has 1 heterocycles. The molecule has 0 spiro atoms. The molecule has 8 heteroatoms. The first-order valence-electron chi connectivity index (χ1n) is 10.7. The Bertz CT molecular complexity index is 643. The van der Waals surface area contributed by atoms with Gasteiger partial charge in [-0.3, -0.25) is 9.79 Å². The predicted molar refractivity (Wildman–Crippen MR) is 133 cm³/mol. The zero-order valence-electron chi connectivity index (χ0n) is 18.3. The summed E-state index contributed by atoms with van der Waals surface area (Å²) in [7, 11) is 1.74. The third-order valence-electron chi connectivity index (χ3n) is 4.82. The van der Waals surface area contributed by atoms with Crippen LogP contribution in [0.1, 0.15) is 38.2 Å². The molecule has 0 unspecified atom stereocenters. The number of para-hydroxylation sites is 1. The fraction of sp³-hybridized carbons (Fsp3) is 0.636. The van der Waals surface area contributed by atoms with Gasteiger partial charge in [0.25, 0.3) is 0 Å². The number of hydrogen-bond acceptors (Lipinski definition) is 4. The summed E-state index contributed by atoms with van der Waals surface area (Å²) in [5.41, 5.74) is 2.33. The second-order valence-electron chi connectivity index (χ2n) is 7.03. The molecule has 30 heavy (non-hydrogen) atoms. The molecular weight excluding hydrogens is 495 g/mol. The van der Waals surface area contributed by atoms with Crippen LogP contribution in [0.25, 0.3) is 0 Å². The molecule has 2 N–H and O–H groups in total. The lowest BCUT2D eigenvalue weighted by Crippen LogP contribution is -2.39. The molecule has 0 saturated heterocycles. The van der Waals surface area contributed by atoms with Crippen LogP contribution in [-0.4, -0.2) is 65.0 Å². The van der Waals surface area contributed by atoms with E-state index in [9.17, 15) is 4.79 Å². The smallest absolute Gasteiger partial charge is 0.227 e. The van der Waals surface area contributed by atoms with Crippen LogP contribution < -0.4 is 15.5 Å². The minimum Gasteiger partial charge on any atom is -0.379 e. The first kappa shape index (κ1) is 26.6. The van der Waals surface area contributed by atoms with Gasteiger partial charge in [0.05, 0.1) is 19.8 Å². The second-order valence-corrected chi connectivity index (χ2v) is 7.03. The minimum absolute atomic E-state index is 0. The Morgan fingerprint density at radius 3 is 2.57 bits per heavy atom. The van der Waals surface area contributed by atoms with Crippen molar-refractivity contribution in [3.63, 3.8) is 0 Å². The lowest BCUT2D eigenvalue weighted by molar-refractivity contribution is -0.118. The monoisotopic (exact) mass is 532 g/mol. The number of halogens is 1. The summed E-state index contributed by atoms with van der Waals surface area (Å²) < 4.78 is 11.0. The van der Waals surface area contributed by atoms with E-state index >= 15 is 0 Å². The maximum absolute atomic E-state index is 12.5. The zero-order chi connectivity index (χ0) is 20.7. The molecule has 0 fully saturated rings. The van der Waals surface area contributed by atoms with Gasteiger partial charge < -0.3 is 25.0 Å². The molecule has 0 saturated carbocycles. The number of guanidine groups is 1. The van der Waals surface area contributed by atoms with E-state index in [0.29, 0.717) is 39.3 Å². The third-order valence-corrected chi connectivity index (χ3v) is 4.82. The van der Waals surface area contributed by atoms with Gasteiger partial charge in [0.2, 0.25) is 5.91 Å². The van der Waals surface area contributed by atoms with Crippen LogP contribution >= 0.6 is 24.0 Å². The number of carbonyl (C=O) groups excluding carboxylic acids is 1. The highest BCUT2D eigenvalue weighted by Gasteiger charge is 2.23. The van der Waals surface area contributed by atoms with Crippen LogP contribution in [0, 0.1) is 0 Å². The normalized spacial score (nSPS) is 13.0. The van der Waals surface area contributed by atoms with Crippen molar-refractivity contribution in [3.05, 3.63) is 29.8 Å². The molecule has 2 rings (SSSR count). The number of anilines is 1. The Kier molecular flexibility index (Phi) is 14.5. The SMILES string of the molecule is CCCCOCCOCCNC(=NC)NCCCC(=O)N1CCc2ccccc21.I. The average molecular weight is 532 g/mol. The first-order valence-corrected chi connectivity index (χ1v) is 10.7. The van der Waals surface area contributed by atoms with E-state index in [2.05, 4.69) is 28.6 Å². The van der Waals surface area contributed by atoms with Crippen LogP contribution in [0.5, 0.6) is 0 Å². The number of rotatable bonds is 13. The Hall–Kier alpha value is -1.39. The quantitative estimate of drug-likeness (QED) is 0.177. The standard InChI is InChI=1S/C22H36N4O3.HI/c1-3-4-15-28-17-18-29-16-13-25-22(23-2)24-12-7-10-21(27)26-14-11-19-8-5-6-9-20(19)26;/h5-6,8-9H,3-4,7,10-18H2,1-2H3,(H2,23,24,25);1H. The summed E-state index contributed by atoms with van der Waals surface area (Å²) in [5.74, 6) is 0.918. The lowest BCUT2D eigenvalue weighted by atomic mass is 10.2. The summed E-state index contributed by atoms with van der Waals surface area (Å²) in [6.07, 6.45) is 4.49. The van der Waals surface area contributed by atoms with Crippen molar-refractivity contribution in [2.45, 2.75) is 39.0 Å². The van der Waals surface area contributed by atoms with Gasteiger partial charge in [-0.05, 0) is 30.9 Å². The Balaban J connectivity index is 0.00000450. The van der Waals surface area contributed by atoms with Gasteiger partial charge in [-0.15, -0.1) is 24.0 Å². The fourth-order valence-corrected chi connectivity index (χ4v) is 3.21. The van der Waals surface area contributed by atoms with Gasteiger partial charge in [0.1, 0.15) is 0 Å². The summed E-state index contributed by atoms with van der Waals surface area (Å²) in [4.78, 5) is 18.6. The highest BCUT2D eigenvalue weighted by molar-refractivity contribution is 14.0. The topological polar surface area (TPSA) is 75.2 Å². The van der Waals surface area contributed by atoms with Crippen molar-refractivity contribution >= 4 is 41.5 Å². The molecule has 1 amide bonds. The number of benzene rings is 1. The lowest BCUT2D eigenvalue weighted by Gasteiger charge is -2.17. The second kappa shape index (κ2) is 16.3. The molecule has 0 aliphatic carbocycles. The number of nitrogens with zero attached hydrogens (tertiary/aromatic N) is 2. The maximum atomic E-state index is 12.5. The maximum Gasteiger partial charge on any atom is 0.227 e. The van der Waals surface area contributed by atoms with Crippen LogP contribution in [0.3, 0.4) is 0 Å². The van der Waals surface area contributed by atoms with Crippen LogP contribution in [0.2, 0.25) is 0 Å². The molecule has 170 valence electrons. The largest absolute Gasteiger partial charge is 0.379 e. The summed E-state index contributed by atoms with van der Waals surface area (Å²) >= 11 is 0. The number of amides is 1. The average Bonchev–Trinajstić information content (AvgIpc) is 3.18. The summed E-state index contributed by atoms with van der Waals surface area (Å²) in [6, 6.07) is 8.15. The van der Waals surface area contributed by atoms with Crippen molar-refractivity contribution in [2.24, 2.45) is 4.99 Å². The minimum atomic E-state index is 0. The van der Waals surface area contributed by atoms with Gasteiger partial charge >= 0.3 is 0 Å². The third kappa shape index (κ3) is 9.61. The highest BCUT2D eigenvalue weighted by Crippen LogP contribution is 2.27. The molecule has 1 aliphatic heterocycles. The number of carbonyl (C=O) groups is 1. The van der Waals surface area contributed by atoms with Crippen molar-refractivity contribution < 1.29 is 14.3 Å². The molecule has 0 aromatic heterocycles. The molecule has 7 nitrogen and oxygen atoms in total. The van der Waals surface area contributed by atoms with E-state index < -0.39 is 0 Å². The number of nitrogens with one attached hydrogen (secondary N) is 2. The highest BCUT2D eigenvalue weighted by atomic mass is 127. The van der Waals surface area contributed by atoms with Crippen molar-refractivity contribution in [2.75, 3.05) is 58.0 Å². The zero-order valence-corrected chi connectivity index (χ0v) is 20.7. The number of aliphatic imine (C=N–C) groups is 1. The van der Waals surface area contributed by atoms with Crippen LogP contribution in [0.15, 0.2) is 29.3 Å². The Morgan fingerprint density at radius 2 is 1.80 bits per heavy atom. The molecule has 0 atom stereocenters. The summed E-state index contributed by atoms with van der Waals surface area (Å²) in [6.45, 7) is 6.98. The number of ether oxygens (including phenoxy) is 2. The summed E-state index contributed by atoms with van der Waals surface area (Å²) in [5, 5.41) is 6.46. The van der Waals surface area contributed by atoms with Crippen molar-refractivity contribution in [3.8, 4) is 0 Å². The van der Waals surface area contributed by atoms with Gasteiger partial charge in [-0.2, -0.15) is 0 Å².